The van der Waals surface area contributed by atoms with Crippen LogP contribution in [-0.2, 0) is 38.5 Å². The summed E-state index contributed by atoms with van der Waals surface area (Å²) < 4.78 is 10.5. The number of nitrogens with zero attached hydrogens (tertiary/aromatic N) is 1. The summed E-state index contributed by atoms with van der Waals surface area (Å²) in [6.07, 6.45) is 3.62. The van der Waals surface area contributed by atoms with Crippen molar-refractivity contribution in [3.05, 3.63) is 65.9 Å². The van der Waals surface area contributed by atoms with Gasteiger partial charge in [0, 0.05) is 24.7 Å². The van der Waals surface area contributed by atoms with Crippen molar-refractivity contribution < 1.29 is 23.8 Å². The van der Waals surface area contributed by atoms with Crippen molar-refractivity contribution in [2.45, 2.75) is 45.6 Å². The molecule has 9 heteroatoms. The van der Waals surface area contributed by atoms with Gasteiger partial charge in [0.25, 0.3) is 0 Å². The van der Waals surface area contributed by atoms with Gasteiger partial charge in [0.05, 0.1) is 24.6 Å². The normalized spacial score (nSPS) is 13.2. The lowest BCUT2D eigenvalue weighted by Crippen LogP contribution is -2.26. The summed E-state index contributed by atoms with van der Waals surface area (Å²) in [7, 11) is 0. The molecule has 0 spiro atoms. The highest BCUT2D eigenvalue weighted by Gasteiger charge is 2.17. The molecule has 7 nitrogen and oxygen atoms in total. The zero-order valence-electron chi connectivity index (χ0n) is 20.1. The summed E-state index contributed by atoms with van der Waals surface area (Å²) in [5.41, 5.74) is 4.67. The minimum Gasteiger partial charge on any atom is -0.396 e. The average Bonchev–Trinajstić information content (AvgIpc) is 2.81. The van der Waals surface area contributed by atoms with Gasteiger partial charge in [-0.3, -0.25) is 9.78 Å². The number of hydrogen-bond acceptors (Lipinski definition) is 6. The number of benzene rings is 2. The molecule has 1 heterocycles. The molecule has 1 aromatic heterocycles. The van der Waals surface area contributed by atoms with E-state index in [1.165, 1.54) is 0 Å². The Morgan fingerprint density at radius 1 is 1.11 bits per heavy atom. The zero-order chi connectivity index (χ0) is 25.3. The maximum absolute atomic E-state index is 12.7. The van der Waals surface area contributed by atoms with Crippen LogP contribution in [0.2, 0.25) is 0 Å². The van der Waals surface area contributed by atoms with Gasteiger partial charge < -0.3 is 24.4 Å². The van der Waals surface area contributed by atoms with E-state index in [4.69, 9.17) is 20.9 Å². The molecule has 35 heavy (non-hydrogen) atoms. The molecule has 0 fully saturated rings. The standard InChI is InChI=1S/C26H33N2O5PS/c1-19(2)33-34(31,35)32-16-7-6-14-27-24(30)17-22-18-28-26-21(13-15-29)11-8-12-23(26)25(22)20-9-4-3-5-10-20/h3-5,8-12,18-19,29H,6-7,13-17H2,1-2H3,(H,27,30)(H,31,35). The fourth-order valence-corrected chi connectivity index (χ4v) is 5.59. The second kappa shape index (κ2) is 13.2. The molecule has 0 aliphatic heterocycles. The smallest absolute Gasteiger partial charge is 0.324 e. The Kier molecular flexibility index (Phi) is 10.3. The lowest BCUT2D eigenvalue weighted by molar-refractivity contribution is -0.120. The summed E-state index contributed by atoms with van der Waals surface area (Å²) >= 11 is 4.95. The Hall–Kier alpha value is -2.19. The number of aromatic nitrogens is 1. The predicted molar refractivity (Wildman–Crippen MR) is 143 cm³/mol. The van der Waals surface area contributed by atoms with Crippen LogP contribution in [0, 0.1) is 0 Å². The van der Waals surface area contributed by atoms with Crippen LogP contribution >= 0.6 is 6.72 Å². The van der Waals surface area contributed by atoms with Crippen LogP contribution in [0.1, 0.15) is 37.8 Å². The third kappa shape index (κ3) is 8.17. The first-order valence-electron chi connectivity index (χ1n) is 11.8. The van der Waals surface area contributed by atoms with Crippen molar-refractivity contribution in [1.29, 1.82) is 0 Å². The van der Waals surface area contributed by atoms with E-state index in [2.05, 4.69) is 10.3 Å². The van der Waals surface area contributed by atoms with Gasteiger partial charge in [0.15, 0.2) is 0 Å². The molecular formula is C26H33N2O5PS. The van der Waals surface area contributed by atoms with Crippen molar-refractivity contribution in [2.75, 3.05) is 19.8 Å². The van der Waals surface area contributed by atoms with Gasteiger partial charge >= 0.3 is 6.72 Å². The summed E-state index contributed by atoms with van der Waals surface area (Å²) in [6, 6.07) is 15.9. The molecular weight excluding hydrogens is 483 g/mol. The SMILES string of the molecule is CC(C)OP(O)(=S)OCCCCNC(=O)Cc1cnc2c(CCO)cccc2c1-c1ccccc1. The van der Waals surface area contributed by atoms with Crippen molar-refractivity contribution in [3.63, 3.8) is 0 Å². The number of carbonyl (C=O) groups is 1. The second-order valence-corrected chi connectivity index (χ2v) is 11.3. The first kappa shape index (κ1) is 27.4. The summed E-state index contributed by atoms with van der Waals surface area (Å²) in [5, 5.41) is 13.4. The summed E-state index contributed by atoms with van der Waals surface area (Å²) in [6.45, 7) is 1.20. The quantitative estimate of drug-likeness (QED) is 0.227. The highest BCUT2D eigenvalue weighted by molar-refractivity contribution is 8.07. The zero-order valence-corrected chi connectivity index (χ0v) is 21.9. The van der Waals surface area contributed by atoms with Gasteiger partial charge in [-0.05, 0) is 67.2 Å². The molecule has 3 N–H and O–H groups in total. The first-order valence-corrected chi connectivity index (χ1v) is 14.4. The minimum atomic E-state index is -3.20. The fraction of sp³-hybridized carbons (Fsp3) is 0.385. The van der Waals surface area contributed by atoms with E-state index in [0.29, 0.717) is 25.8 Å². The monoisotopic (exact) mass is 516 g/mol. The third-order valence-electron chi connectivity index (χ3n) is 5.35. The van der Waals surface area contributed by atoms with Gasteiger partial charge in [-0.25, -0.2) is 0 Å². The number of pyridine rings is 1. The fourth-order valence-electron chi connectivity index (χ4n) is 3.89. The number of nitrogens with one attached hydrogen (secondary N) is 1. The molecule has 0 saturated carbocycles. The van der Waals surface area contributed by atoms with Gasteiger partial charge in [-0.2, -0.15) is 0 Å². The largest absolute Gasteiger partial charge is 0.396 e. The van der Waals surface area contributed by atoms with Crippen LogP contribution in [0.5, 0.6) is 0 Å². The number of amides is 1. The van der Waals surface area contributed by atoms with Gasteiger partial charge in [0.2, 0.25) is 5.91 Å². The van der Waals surface area contributed by atoms with E-state index in [9.17, 15) is 14.8 Å². The molecule has 3 rings (SSSR count). The van der Waals surface area contributed by atoms with Gasteiger partial charge in [-0.1, -0.05) is 48.5 Å². The van der Waals surface area contributed by atoms with Crippen molar-refractivity contribution >= 4 is 35.3 Å². The summed E-state index contributed by atoms with van der Waals surface area (Å²) in [5.74, 6) is -0.0915. The van der Waals surface area contributed by atoms with Gasteiger partial charge in [-0.15, -0.1) is 0 Å². The van der Waals surface area contributed by atoms with Crippen LogP contribution in [0.15, 0.2) is 54.7 Å². The van der Waals surface area contributed by atoms with E-state index in [1.54, 1.807) is 20.0 Å². The maximum Gasteiger partial charge on any atom is 0.324 e. The molecule has 188 valence electrons. The maximum atomic E-state index is 12.7. The molecule has 0 bridgehead atoms. The van der Waals surface area contributed by atoms with Crippen LogP contribution in [0.3, 0.4) is 0 Å². The average molecular weight is 517 g/mol. The van der Waals surface area contributed by atoms with E-state index < -0.39 is 6.72 Å². The predicted octanol–water partition coefficient (Wildman–Crippen LogP) is 4.53. The molecule has 0 saturated heterocycles. The molecule has 1 amide bonds. The highest BCUT2D eigenvalue weighted by Crippen LogP contribution is 2.45. The number of unbranched alkanes of at least 4 members (excludes halogenated alkanes) is 1. The van der Waals surface area contributed by atoms with Gasteiger partial charge in [0.1, 0.15) is 0 Å². The Bertz CT molecular complexity index is 1170. The molecule has 1 unspecified atom stereocenters. The number of carbonyl (C=O) groups excluding carboxylic acids is 1. The Labute approximate surface area is 211 Å². The van der Waals surface area contributed by atoms with Crippen molar-refractivity contribution in [1.82, 2.24) is 10.3 Å². The lowest BCUT2D eigenvalue weighted by atomic mass is 9.93. The molecule has 2 aromatic carbocycles. The number of para-hydroxylation sites is 1. The van der Waals surface area contributed by atoms with Crippen molar-refractivity contribution in [2.24, 2.45) is 0 Å². The third-order valence-corrected chi connectivity index (χ3v) is 7.12. The Balaban J connectivity index is 1.65. The molecule has 0 aliphatic carbocycles. The topological polar surface area (TPSA) is 101 Å². The summed E-state index contributed by atoms with van der Waals surface area (Å²) in [4.78, 5) is 27.3. The molecule has 3 aromatic rings. The van der Waals surface area contributed by atoms with Crippen LogP contribution in [-0.4, -0.2) is 46.8 Å². The van der Waals surface area contributed by atoms with E-state index in [-0.39, 0.29) is 31.6 Å². The molecule has 0 aliphatic rings. The van der Waals surface area contributed by atoms with E-state index in [1.807, 2.05) is 48.5 Å². The Morgan fingerprint density at radius 3 is 2.60 bits per heavy atom. The minimum absolute atomic E-state index is 0.0505. The number of aliphatic hydroxyl groups excluding tert-OH is 1. The van der Waals surface area contributed by atoms with E-state index in [0.717, 1.165) is 33.2 Å². The molecule has 0 radical (unpaired) electrons. The number of aliphatic hydroxyl groups is 1. The first-order chi connectivity index (χ1) is 16.8. The number of fused-ring (bicyclic) bond motifs is 1. The highest BCUT2D eigenvalue weighted by atomic mass is 32.5. The van der Waals surface area contributed by atoms with Crippen LogP contribution in [0.4, 0.5) is 0 Å². The van der Waals surface area contributed by atoms with Crippen molar-refractivity contribution in [3.8, 4) is 11.1 Å². The number of rotatable bonds is 13. The van der Waals surface area contributed by atoms with Crippen LogP contribution < -0.4 is 5.32 Å². The second-order valence-electron chi connectivity index (χ2n) is 8.50. The Morgan fingerprint density at radius 2 is 1.89 bits per heavy atom. The van der Waals surface area contributed by atoms with E-state index >= 15 is 0 Å². The lowest BCUT2D eigenvalue weighted by Gasteiger charge is -2.18. The number of hydrogen-bond donors (Lipinski definition) is 3. The molecule has 1 atom stereocenters. The van der Waals surface area contributed by atoms with Crippen LogP contribution in [0.25, 0.3) is 22.0 Å².